The van der Waals surface area contributed by atoms with Crippen LogP contribution in [0.1, 0.15) is 476 Å². The molecule has 0 aromatic heterocycles. The highest BCUT2D eigenvalue weighted by molar-refractivity contribution is 5.76. The molecule has 0 aliphatic heterocycles. The Hall–Kier alpha value is -1.40. The van der Waals surface area contributed by atoms with Crippen molar-refractivity contribution >= 4 is 11.9 Å². The Morgan fingerprint density at radius 2 is 0.534 bits per heavy atom. The summed E-state index contributed by atoms with van der Waals surface area (Å²) in [4.78, 5) is 24.6. The number of nitrogens with one attached hydrogen (secondary N) is 1. The number of ether oxygens (including phenoxy) is 1. The van der Waals surface area contributed by atoms with E-state index in [9.17, 15) is 19.8 Å². The first-order valence-corrected chi connectivity index (χ1v) is 40.9. The van der Waals surface area contributed by atoms with Crippen molar-refractivity contribution in [1.82, 2.24) is 5.32 Å². The molecule has 0 aliphatic rings. The number of aliphatic hydroxyl groups excluding tert-OH is 2. The lowest BCUT2D eigenvalue weighted by Crippen LogP contribution is -2.45. The van der Waals surface area contributed by atoms with Gasteiger partial charge in [0.15, 0.2) is 0 Å². The zero-order valence-corrected chi connectivity index (χ0v) is 60.3. The van der Waals surface area contributed by atoms with Crippen molar-refractivity contribution in [2.45, 2.75) is 488 Å². The van der Waals surface area contributed by atoms with Crippen molar-refractivity contribution in [2.24, 2.45) is 0 Å². The van der Waals surface area contributed by atoms with Crippen molar-refractivity contribution in [3.63, 3.8) is 0 Å². The lowest BCUT2D eigenvalue weighted by atomic mass is 10.0. The molecule has 2 atom stereocenters. The summed E-state index contributed by atoms with van der Waals surface area (Å²) in [5, 5.41) is 23.4. The summed E-state index contributed by atoms with van der Waals surface area (Å²) >= 11 is 0. The number of carbonyl (C=O) groups is 2. The molecule has 0 aromatic carbocycles. The molecule has 2 unspecified atom stereocenters. The predicted octanol–water partition coefficient (Wildman–Crippen LogP) is 27.1. The summed E-state index contributed by atoms with van der Waals surface area (Å²) < 4.78 is 5.51. The van der Waals surface area contributed by atoms with E-state index in [0.29, 0.717) is 25.9 Å². The molecule has 0 saturated carbocycles. The highest BCUT2D eigenvalue weighted by atomic mass is 16.5. The van der Waals surface area contributed by atoms with Crippen LogP contribution in [0.3, 0.4) is 0 Å². The zero-order chi connectivity index (χ0) is 63.5. The van der Waals surface area contributed by atoms with E-state index in [1.165, 1.54) is 405 Å². The van der Waals surface area contributed by atoms with Gasteiger partial charge in [-0.05, 0) is 51.4 Å². The maximum Gasteiger partial charge on any atom is 0.305 e. The van der Waals surface area contributed by atoms with Crippen molar-refractivity contribution in [1.29, 1.82) is 0 Å². The SMILES string of the molecule is CCCCCCCCCCCCCCCCCCCC(O)C(CO)NC(=O)CCCCCCCCCCCCCCCCCCC/C=C\CCCCCCCCCCCCCCCCCCCCOC(=O)CCCCCCCCCCCCCCCCC. The smallest absolute Gasteiger partial charge is 0.305 e. The summed E-state index contributed by atoms with van der Waals surface area (Å²) in [6.07, 6.45) is 99.0. The normalized spacial score (nSPS) is 12.5. The summed E-state index contributed by atoms with van der Waals surface area (Å²) in [5.74, 6) is 0.000729. The Morgan fingerprint density at radius 3 is 0.807 bits per heavy atom. The van der Waals surface area contributed by atoms with E-state index in [1.807, 2.05) is 0 Å². The highest BCUT2D eigenvalue weighted by Gasteiger charge is 2.20. The summed E-state index contributed by atoms with van der Waals surface area (Å²) in [5.41, 5.74) is 0. The first-order valence-electron chi connectivity index (χ1n) is 40.9. The average Bonchev–Trinajstić information content (AvgIpc) is 3.58. The fourth-order valence-electron chi connectivity index (χ4n) is 13.3. The number of esters is 1. The molecule has 6 nitrogen and oxygen atoms in total. The maximum absolute atomic E-state index is 12.5. The molecule has 0 aliphatic carbocycles. The minimum absolute atomic E-state index is 0.0259. The number of allylic oxidation sites excluding steroid dienone is 2. The molecule has 0 heterocycles. The highest BCUT2D eigenvalue weighted by Crippen LogP contribution is 2.21. The largest absolute Gasteiger partial charge is 0.466 e. The molecular weight excluding hydrogens is 1080 g/mol. The van der Waals surface area contributed by atoms with Crippen LogP contribution in [0.4, 0.5) is 0 Å². The first kappa shape index (κ1) is 86.6. The van der Waals surface area contributed by atoms with Gasteiger partial charge in [-0.25, -0.2) is 0 Å². The van der Waals surface area contributed by atoms with E-state index in [2.05, 4.69) is 31.3 Å². The van der Waals surface area contributed by atoms with Gasteiger partial charge in [-0.2, -0.15) is 0 Å². The molecule has 0 bridgehead atoms. The first-order chi connectivity index (χ1) is 43.5. The third kappa shape index (κ3) is 73.6. The van der Waals surface area contributed by atoms with Gasteiger partial charge in [-0.15, -0.1) is 0 Å². The number of carbonyl (C=O) groups excluding carboxylic acids is 2. The molecule has 0 saturated heterocycles. The molecule has 3 N–H and O–H groups in total. The van der Waals surface area contributed by atoms with Crippen LogP contribution >= 0.6 is 0 Å². The van der Waals surface area contributed by atoms with Gasteiger partial charge >= 0.3 is 5.97 Å². The Bertz CT molecular complexity index is 1340. The molecule has 0 radical (unpaired) electrons. The van der Waals surface area contributed by atoms with Gasteiger partial charge in [0.1, 0.15) is 0 Å². The summed E-state index contributed by atoms with van der Waals surface area (Å²) in [7, 11) is 0. The van der Waals surface area contributed by atoms with Crippen LogP contribution in [0.25, 0.3) is 0 Å². The van der Waals surface area contributed by atoms with Crippen molar-refractivity contribution < 1.29 is 24.5 Å². The Kier molecular flexibility index (Phi) is 76.8. The zero-order valence-electron chi connectivity index (χ0n) is 60.3. The van der Waals surface area contributed by atoms with Gasteiger partial charge in [-0.1, -0.05) is 424 Å². The quantitative estimate of drug-likeness (QED) is 0.0320. The van der Waals surface area contributed by atoms with Crippen molar-refractivity contribution in [3.8, 4) is 0 Å². The van der Waals surface area contributed by atoms with E-state index < -0.39 is 12.1 Å². The minimum Gasteiger partial charge on any atom is -0.466 e. The van der Waals surface area contributed by atoms with Crippen molar-refractivity contribution in [2.75, 3.05) is 13.2 Å². The lowest BCUT2D eigenvalue weighted by Gasteiger charge is -2.22. The number of amides is 1. The summed E-state index contributed by atoms with van der Waals surface area (Å²) in [6, 6.07) is -0.538. The third-order valence-corrected chi connectivity index (χ3v) is 19.6. The van der Waals surface area contributed by atoms with Crippen LogP contribution in [-0.4, -0.2) is 47.4 Å². The average molecular weight is 1240 g/mol. The Morgan fingerprint density at radius 1 is 0.307 bits per heavy atom. The van der Waals surface area contributed by atoms with E-state index in [4.69, 9.17) is 4.74 Å². The van der Waals surface area contributed by atoms with Crippen LogP contribution in [-0.2, 0) is 14.3 Å². The van der Waals surface area contributed by atoms with Crippen molar-refractivity contribution in [3.05, 3.63) is 12.2 Å². The summed E-state index contributed by atoms with van der Waals surface area (Å²) in [6.45, 7) is 5.01. The molecule has 0 spiro atoms. The second kappa shape index (κ2) is 78.0. The number of rotatable bonds is 78. The van der Waals surface area contributed by atoms with Crippen LogP contribution in [0.2, 0.25) is 0 Å². The number of hydrogen-bond donors (Lipinski definition) is 3. The number of aliphatic hydroxyl groups is 2. The van der Waals surface area contributed by atoms with Gasteiger partial charge < -0.3 is 20.3 Å². The standard InChI is InChI=1S/C82H161NO5/c1-3-5-7-9-11-13-15-17-19-43-47-50-54-58-62-66-70-74-80(85)79(78-84)83-81(86)75-71-67-63-59-55-51-48-44-41-39-37-35-33-31-29-27-25-23-21-20-22-24-26-28-30-32-34-36-38-40-42-45-49-53-57-61-65-69-73-77-88-82(87)76-72-68-64-60-56-52-46-18-16-14-12-10-8-6-4-2/h20-21,79-80,84-85H,3-19,22-78H2,1-2H3,(H,83,86)/b21-20-. The number of hydrogen-bond acceptors (Lipinski definition) is 5. The molecule has 6 heteroatoms. The topological polar surface area (TPSA) is 95.9 Å². The Balaban J connectivity index is 3.31. The van der Waals surface area contributed by atoms with E-state index in [1.54, 1.807) is 0 Å². The molecule has 0 aromatic rings. The van der Waals surface area contributed by atoms with Gasteiger partial charge in [0.05, 0.1) is 25.4 Å². The van der Waals surface area contributed by atoms with E-state index >= 15 is 0 Å². The van der Waals surface area contributed by atoms with Gasteiger partial charge in [0.2, 0.25) is 5.91 Å². The third-order valence-electron chi connectivity index (χ3n) is 19.6. The monoisotopic (exact) mass is 1240 g/mol. The van der Waals surface area contributed by atoms with Crippen LogP contribution in [0, 0.1) is 0 Å². The van der Waals surface area contributed by atoms with Crippen LogP contribution < -0.4 is 5.32 Å². The van der Waals surface area contributed by atoms with Crippen LogP contribution in [0.15, 0.2) is 12.2 Å². The number of unbranched alkanes of at least 4 members (excludes halogenated alkanes) is 65. The lowest BCUT2D eigenvalue weighted by molar-refractivity contribution is -0.143. The molecule has 1 amide bonds. The van der Waals surface area contributed by atoms with Gasteiger partial charge in [0.25, 0.3) is 0 Å². The van der Waals surface area contributed by atoms with Gasteiger partial charge in [0, 0.05) is 12.8 Å². The molecular formula is C82H161NO5. The Labute approximate surface area is 552 Å². The van der Waals surface area contributed by atoms with Gasteiger partial charge in [-0.3, -0.25) is 9.59 Å². The predicted molar refractivity (Wildman–Crippen MR) is 389 cm³/mol. The molecule has 524 valence electrons. The maximum atomic E-state index is 12.5. The second-order valence-corrected chi connectivity index (χ2v) is 28.5. The molecule has 0 fully saturated rings. The van der Waals surface area contributed by atoms with E-state index in [-0.39, 0.29) is 18.5 Å². The van der Waals surface area contributed by atoms with E-state index in [0.717, 1.165) is 38.5 Å². The minimum atomic E-state index is -0.661. The molecule has 0 rings (SSSR count). The fraction of sp³-hybridized carbons (Fsp3) is 0.951. The molecule has 88 heavy (non-hydrogen) atoms. The van der Waals surface area contributed by atoms with Crippen LogP contribution in [0.5, 0.6) is 0 Å². The fourth-order valence-corrected chi connectivity index (χ4v) is 13.3. The second-order valence-electron chi connectivity index (χ2n) is 28.5.